The molecule has 1 aromatic heterocycles. The fourth-order valence-electron chi connectivity index (χ4n) is 2.86. The highest BCUT2D eigenvalue weighted by atomic mass is 16.6. The van der Waals surface area contributed by atoms with Crippen LogP contribution >= 0.6 is 0 Å². The Hall–Kier alpha value is -1.65. The van der Waals surface area contributed by atoms with Crippen molar-refractivity contribution in [2.24, 2.45) is 11.8 Å². The molecule has 19 heavy (non-hydrogen) atoms. The average Bonchev–Trinajstić information content (AvgIpc) is 2.39. The molecule has 0 saturated heterocycles. The molecule has 1 fully saturated rings. The van der Waals surface area contributed by atoms with Gasteiger partial charge in [-0.3, -0.25) is 10.1 Å². The van der Waals surface area contributed by atoms with Crippen molar-refractivity contribution in [2.45, 2.75) is 39.0 Å². The Morgan fingerprint density at radius 1 is 1.53 bits per heavy atom. The van der Waals surface area contributed by atoms with E-state index in [-0.39, 0.29) is 5.69 Å². The largest absolute Gasteiger partial charge is 0.370 e. The SMILES string of the molecule is CC1CCCC(CCNc2cc([N+](=O)[O-])ccn2)C1. The van der Waals surface area contributed by atoms with Crippen LogP contribution in [0.5, 0.6) is 0 Å². The number of nitrogens with one attached hydrogen (secondary N) is 1. The maximum absolute atomic E-state index is 10.7. The van der Waals surface area contributed by atoms with Gasteiger partial charge in [-0.2, -0.15) is 0 Å². The molecule has 2 rings (SSSR count). The first-order valence-electron chi connectivity index (χ1n) is 6.99. The fourth-order valence-corrected chi connectivity index (χ4v) is 2.86. The van der Waals surface area contributed by atoms with E-state index in [0.29, 0.717) is 5.82 Å². The summed E-state index contributed by atoms with van der Waals surface area (Å²) < 4.78 is 0. The Kier molecular flexibility index (Phi) is 4.71. The molecule has 1 aliphatic rings. The van der Waals surface area contributed by atoms with E-state index >= 15 is 0 Å². The standard InChI is InChI=1S/C14H21N3O2/c1-11-3-2-4-12(9-11)5-7-15-14-10-13(17(18)19)6-8-16-14/h6,8,10-12H,2-5,7,9H2,1H3,(H,15,16). The van der Waals surface area contributed by atoms with Crippen LogP contribution in [0.15, 0.2) is 18.3 Å². The van der Waals surface area contributed by atoms with Crippen LogP contribution in [0.4, 0.5) is 11.5 Å². The van der Waals surface area contributed by atoms with Crippen molar-refractivity contribution in [3.8, 4) is 0 Å². The van der Waals surface area contributed by atoms with E-state index in [9.17, 15) is 10.1 Å². The summed E-state index contributed by atoms with van der Waals surface area (Å²) in [6.45, 7) is 3.16. The molecule has 1 N–H and O–H groups in total. The van der Waals surface area contributed by atoms with Crippen LogP contribution in [-0.2, 0) is 0 Å². The summed E-state index contributed by atoms with van der Waals surface area (Å²) >= 11 is 0. The Labute approximate surface area is 113 Å². The van der Waals surface area contributed by atoms with E-state index in [2.05, 4.69) is 17.2 Å². The molecule has 2 unspecified atom stereocenters. The zero-order chi connectivity index (χ0) is 13.7. The molecule has 104 valence electrons. The van der Waals surface area contributed by atoms with E-state index < -0.39 is 4.92 Å². The monoisotopic (exact) mass is 263 g/mol. The number of nitro groups is 1. The minimum Gasteiger partial charge on any atom is -0.370 e. The van der Waals surface area contributed by atoms with E-state index in [4.69, 9.17) is 0 Å². The molecular formula is C14H21N3O2. The maximum Gasteiger partial charge on any atom is 0.274 e. The lowest BCUT2D eigenvalue weighted by Crippen LogP contribution is -2.16. The first kappa shape index (κ1) is 13.8. The van der Waals surface area contributed by atoms with Crippen molar-refractivity contribution in [2.75, 3.05) is 11.9 Å². The summed E-state index contributed by atoms with van der Waals surface area (Å²) in [6, 6.07) is 2.90. The molecule has 1 saturated carbocycles. The van der Waals surface area contributed by atoms with E-state index in [0.717, 1.165) is 24.8 Å². The lowest BCUT2D eigenvalue weighted by Gasteiger charge is -2.26. The number of rotatable bonds is 5. The second kappa shape index (κ2) is 6.50. The molecule has 2 atom stereocenters. The zero-order valence-electron chi connectivity index (χ0n) is 11.3. The molecule has 5 nitrogen and oxygen atoms in total. The molecule has 0 amide bonds. The molecule has 0 bridgehead atoms. The smallest absolute Gasteiger partial charge is 0.274 e. The van der Waals surface area contributed by atoms with Crippen LogP contribution in [0.25, 0.3) is 0 Å². The van der Waals surface area contributed by atoms with Crippen LogP contribution < -0.4 is 5.32 Å². The summed E-state index contributed by atoms with van der Waals surface area (Å²) in [4.78, 5) is 14.4. The van der Waals surface area contributed by atoms with Crippen molar-refractivity contribution in [3.63, 3.8) is 0 Å². The molecule has 0 spiro atoms. The topological polar surface area (TPSA) is 68.1 Å². The van der Waals surface area contributed by atoms with Crippen LogP contribution in [0, 0.1) is 22.0 Å². The van der Waals surface area contributed by atoms with Gasteiger partial charge in [-0.05, 0) is 24.7 Å². The van der Waals surface area contributed by atoms with Gasteiger partial charge < -0.3 is 5.32 Å². The van der Waals surface area contributed by atoms with Crippen molar-refractivity contribution < 1.29 is 4.92 Å². The van der Waals surface area contributed by atoms with Crippen LogP contribution in [-0.4, -0.2) is 16.5 Å². The van der Waals surface area contributed by atoms with Gasteiger partial charge in [0.15, 0.2) is 0 Å². The third-order valence-electron chi connectivity index (χ3n) is 3.86. The molecule has 0 aromatic carbocycles. The van der Waals surface area contributed by atoms with Gasteiger partial charge in [0.2, 0.25) is 0 Å². The molecule has 5 heteroatoms. The van der Waals surface area contributed by atoms with Crippen molar-refractivity contribution in [1.29, 1.82) is 0 Å². The van der Waals surface area contributed by atoms with Crippen LogP contribution in [0.3, 0.4) is 0 Å². The van der Waals surface area contributed by atoms with Crippen molar-refractivity contribution in [3.05, 3.63) is 28.4 Å². The summed E-state index contributed by atoms with van der Waals surface area (Å²) in [7, 11) is 0. The van der Waals surface area contributed by atoms with E-state index in [1.807, 2.05) is 0 Å². The summed E-state index contributed by atoms with van der Waals surface area (Å²) in [5.41, 5.74) is 0.0868. The molecule has 0 aliphatic heterocycles. The van der Waals surface area contributed by atoms with Gasteiger partial charge in [0.25, 0.3) is 5.69 Å². The highest BCUT2D eigenvalue weighted by molar-refractivity contribution is 5.44. The van der Waals surface area contributed by atoms with E-state index in [1.165, 1.54) is 44.0 Å². The number of hydrogen-bond donors (Lipinski definition) is 1. The maximum atomic E-state index is 10.7. The minimum atomic E-state index is -0.393. The third-order valence-corrected chi connectivity index (χ3v) is 3.86. The zero-order valence-corrected chi connectivity index (χ0v) is 11.3. The Morgan fingerprint density at radius 3 is 3.11 bits per heavy atom. The van der Waals surface area contributed by atoms with Gasteiger partial charge >= 0.3 is 0 Å². The summed E-state index contributed by atoms with van der Waals surface area (Å²) in [6.07, 6.45) is 7.91. The Bertz CT molecular complexity index is 436. The number of hydrogen-bond acceptors (Lipinski definition) is 4. The van der Waals surface area contributed by atoms with E-state index in [1.54, 1.807) is 0 Å². The second-order valence-electron chi connectivity index (χ2n) is 5.51. The highest BCUT2D eigenvalue weighted by Crippen LogP contribution is 2.30. The van der Waals surface area contributed by atoms with Crippen LogP contribution in [0.2, 0.25) is 0 Å². The van der Waals surface area contributed by atoms with Gasteiger partial charge in [-0.15, -0.1) is 0 Å². The number of pyridine rings is 1. The second-order valence-corrected chi connectivity index (χ2v) is 5.51. The minimum absolute atomic E-state index is 0.0868. The quantitative estimate of drug-likeness (QED) is 0.650. The van der Waals surface area contributed by atoms with Crippen LogP contribution in [0.1, 0.15) is 39.0 Å². The number of nitrogens with zero attached hydrogens (tertiary/aromatic N) is 2. The Balaban J connectivity index is 1.79. The normalized spacial score (nSPS) is 23.0. The summed E-state index contributed by atoms with van der Waals surface area (Å²) in [5, 5.41) is 13.8. The van der Waals surface area contributed by atoms with Gasteiger partial charge in [0, 0.05) is 18.8 Å². The first-order valence-corrected chi connectivity index (χ1v) is 6.99. The van der Waals surface area contributed by atoms with Gasteiger partial charge in [-0.1, -0.05) is 26.2 Å². The molecule has 1 heterocycles. The average molecular weight is 263 g/mol. The summed E-state index contributed by atoms with van der Waals surface area (Å²) in [5.74, 6) is 2.22. The molecule has 1 aromatic rings. The molecular weight excluding hydrogens is 242 g/mol. The first-order chi connectivity index (χ1) is 9.15. The number of anilines is 1. The Morgan fingerprint density at radius 2 is 2.37 bits per heavy atom. The van der Waals surface area contributed by atoms with Gasteiger partial charge in [-0.25, -0.2) is 4.98 Å². The molecule has 1 aliphatic carbocycles. The predicted octanol–water partition coefficient (Wildman–Crippen LogP) is 3.62. The predicted molar refractivity (Wildman–Crippen MR) is 75.1 cm³/mol. The lowest BCUT2D eigenvalue weighted by molar-refractivity contribution is -0.384. The lowest BCUT2D eigenvalue weighted by atomic mass is 9.81. The molecule has 0 radical (unpaired) electrons. The fraction of sp³-hybridized carbons (Fsp3) is 0.643. The number of aromatic nitrogens is 1. The highest BCUT2D eigenvalue weighted by Gasteiger charge is 2.18. The van der Waals surface area contributed by atoms with Gasteiger partial charge in [0.1, 0.15) is 5.82 Å². The third kappa shape index (κ3) is 4.19. The van der Waals surface area contributed by atoms with Crippen molar-refractivity contribution in [1.82, 2.24) is 4.98 Å². The van der Waals surface area contributed by atoms with Gasteiger partial charge in [0.05, 0.1) is 11.0 Å². The van der Waals surface area contributed by atoms with Crippen molar-refractivity contribution >= 4 is 11.5 Å².